The molecule has 1 amide bonds. The first-order valence-electron chi connectivity index (χ1n) is 10.4. The third-order valence-corrected chi connectivity index (χ3v) is 6.89. The van der Waals surface area contributed by atoms with Crippen molar-refractivity contribution in [3.63, 3.8) is 0 Å². The molecule has 3 aliphatic rings. The number of hydrogen-bond acceptors (Lipinski definition) is 5. The Labute approximate surface area is 175 Å². The summed E-state index contributed by atoms with van der Waals surface area (Å²) in [4.78, 5) is 25.7. The Morgan fingerprint density at radius 3 is 2.83 bits per heavy atom. The molecule has 30 heavy (non-hydrogen) atoms. The van der Waals surface area contributed by atoms with E-state index in [1.165, 1.54) is 0 Å². The zero-order valence-corrected chi connectivity index (χ0v) is 17.1. The smallest absolute Gasteiger partial charge is 0.224 e. The van der Waals surface area contributed by atoms with Crippen LogP contribution in [0.4, 0.5) is 0 Å². The number of fused-ring (bicyclic) bond motifs is 3. The molecular formula is C24H25NO5. The number of Topliss-reactive ketones (excluding diaryl/α,β-unsaturated/α-hetero) is 1. The van der Waals surface area contributed by atoms with Gasteiger partial charge in [-0.25, -0.2) is 0 Å². The number of ether oxygens (including phenoxy) is 3. The lowest BCUT2D eigenvalue weighted by Gasteiger charge is -2.37. The predicted octanol–water partition coefficient (Wildman–Crippen LogP) is 3.38. The first kappa shape index (κ1) is 19.0. The second-order valence-electron chi connectivity index (χ2n) is 8.41. The molecule has 6 heteroatoms. The largest absolute Gasteiger partial charge is 0.497 e. The van der Waals surface area contributed by atoms with Gasteiger partial charge in [0.15, 0.2) is 5.78 Å². The van der Waals surface area contributed by atoms with Gasteiger partial charge in [0.25, 0.3) is 0 Å². The fourth-order valence-corrected chi connectivity index (χ4v) is 5.42. The van der Waals surface area contributed by atoms with Crippen LogP contribution >= 0.6 is 0 Å². The molecular weight excluding hydrogens is 382 g/mol. The highest BCUT2D eigenvalue weighted by Gasteiger charge is 2.70. The summed E-state index contributed by atoms with van der Waals surface area (Å²) in [6.45, 7) is 0.386. The summed E-state index contributed by atoms with van der Waals surface area (Å²) in [5, 5.41) is 3.05. The number of carbonyl (C=O) groups excluding carboxylic acids is 2. The molecule has 2 aromatic carbocycles. The second-order valence-corrected chi connectivity index (χ2v) is 8.41. The van der Waals surface area contributed by atoms with Gasteiger partial charge >= 0.3 is 0 Å². The van der Waals surface area contributed by atoms with Crippen molar-refractivity contribution in [2.45, 2.75) is 31.4 Å². The SMILES string of the molecule is COc1ccc(CNC(=O)[C@@H]2[C@H]3CC[C@@]4(CC(=O)c5ccccc5O4)[C@@H]32)c(OC)c1. The lowest BCUT2D eigenvalue weighted by atomic mass is 9.84. The van der Waals surface area contributed by atoms with Gasteiger partial charge in [0.05, 0.1) is 26.2 Å². The standard InChI is InChI=1S/C24H25NO5/c1-28-15-8-7-14(20(11-15)29-2)13-25-23(27)21-17-9-10-24(22(17)21)12-18(26)16-5-3-4-6-19(16)30-24/h3-8,11,17,21-22H,9-10,12-13H2,1-2H3,(H,25,27)/t17-,21-,22+,24-/m1/s1. The number of amides is 1. The quantitative estimate of drug-likeness (QED) is 0.823. The van der Waals surface area contributed by atoms with Crippen LogP contribution < -0.4 is 19.5 Å². The van der Waals surface area contributed by atoms with Crippen LogP contribution in [-0.4, -0.2) is 31.5 Å². The molecule has 6 nitrogen and oxygen atoms in total. The van der Waals surface area contributed by atoms with Crippen LogP contribution in [0, 0.1) is 17.8 Å². The summed E-state index contributed by atoms with van der Waals surface area (Å²) in [5.41, 5.74) is 1.01. The maximum atomic E-state index is 13.0. The molecule has 1 spiro atoms. The van der Waals surface area contributed by atoms with Crippen molar-refractivity contribution >= 4 is 11.7 Å². The fraction of sp³-hybridized carbons (Fsp3) is 0.417. The average Bonchev–Trinajstić information content (AvgIpc) is 3.42. The van der Waals surface area contributed by atoms with Gasteiger partial charge in [0.2, 0.25) is 5.91 Å². The predicted molar refractivity (Wildman–Crippen MR) is 110 cm³/mol. The summed E-state index contributed by atoms with van der Waals surface area (Å²) in [6, 6.07) is 13.0. The summed E-state index contributed by atoms with van der Waals surface area (Å²) in [7, 11) is 3.21. The van der Waals surface area contributed by atoms with Crippen molar-refractivity contribution in [3.05, 3.63) is 53.6 Å². The van der Waals surface area contributed by atoms with Gasteiger partial charge in [-0.1, -0.05) is 12.1 Å². The first-order chi connectivity index (χ1) is 14.6. The van der Waals surface area contributed by atoms with Crippen molar-refractivity contribution < 1.29 is 23.8 Å². The fourth-order valence-electron chi connectivity index (χ4n) is 5.42. The van der Waals surface area contributed by atoms with E-state index < -0.39 is 5.60 Å². The monoisotopic (exact) mass is 407 g/mol. The zero-order chi connectivity index (χ0) is 20.9. The van der Waals surface area contributed by atoms with E-state index in [9.17, 15) is 9.59 Å². The molecule has 0 bridgehead atoms. The van der Waals surface area contributed by atoms with Crippen LogP contribution in [0.15, 0.2) is 42.5 Å². The van der Waals surface area contributed by atoms with E-state index in [4.69, 9.17) is 14.2 Å². The minimum absolute atomic E-state index is 0.0249. The molecule has 4 atom stereocenters. The maximum absolute atomic E-state index is 13.0. The molecule has 5 rings (SSSR count). The van der Waals surface area contributed by atoms with Gasteiger partial charge in [0.1, 0.15) is 22.8 Å². The van der Waals surface area contributed by atoms with Gasteiger partial charge in [-0.3, -0.25) is 9.59 Å². The Hall–Kier alpha value is -3.02. The molecule has 1 N–H and O–H groups in total. The van der Waals surface area contributed by atoms with E-state index in [-0.39, 0.29) is 23.5 Å². The molecule has 2 saturated carbocycles. The molecule has 2 aliphatic carbocycles. The maximum Gasteiger partial charge on any atom is 0.224 e. The van der Waals surface area contributed by atoms with Crippen molar-refractivity contribution in [2.24, 2.45) is 17.8 Å². The van der Waals surface area contributed by atoms with Crippen LogP contribution in [0.5, 0.6) is 17.2 Å². The average molecular weight is 407 g/mol. The number of para-hydroxylation sites is 1. The van der Waals surface area contributed by atoms with Crippen molar-refractivity contribution in [3.8, 4) is 17.2 Å². The van der Waals surface area contributed by atoms with Crippen LogP contribution in [-0.2, 0) is 11.3 Å². The second kappa shape index (κ2) is 7.04. The van der Waals surface area contributed by atoms with Gasteiger partial charge in [-0.2, -0.15) is 0 Å². The van der Waals surface area contributed by atoms with Crippen molar-refractivity contribution in [2.75, 3.05) is 14.2 Å². The summed E-state index contributed by atoms with van der Waals surface area (Å²) < 4.78 is 17.0. The number of rotatable bonds is 5. The molecule has 2 aromatic rings. The van der Waals surface area contributed by atoms with E-state index in [1.807, 2.05) is 36.4 Å². The molecule has 156 valence electrons. The summed E-state index contributed by atoms with van der Waals surface area (Å²) >= 11 is 0. The van der Waals surface area contributed by atoms with Crippen LogP contribution in [0.25, 0.3) is 0 Å². The number of benzene rings is 2. The molecule has 0 saturated heterocycles. The van der Waals surface area contributed by atoms with Gasteiger partial charge in [-0.15, -0.1) is 0 Å². The third kappa shape index (κ3) is 2.93. The topological polar surface area (TPSA) is 73.9 Å². The number of nitrogens with one attached hydrogen (secondary N) is 1. The molecule has 2 fully saturated rings. The van der Waals surface area contributed by atoms with E-state index >= 15 is 0 Å². The zero-order valence-electron chi connectivity index (χ0n) is 17.1. The van der Waals surface area contributed by atoms with Gasteiger partial charge < -0.3 is 19.5 Å². The molecule has 1 heterocycles. The van der Waals surface area contributed by atoms with Gasteiger partial charge in [-0.05, 0) is 43.0 Å². The van der Waals surface area contributed by atoms with E-state index in [0.29, 0.717) is 41.7 Å². The molecule has 1 aliphatic heterocycles. The van der Waals surface area contributed by atoms with E-state index in [1.54, 1.807) is 20.3 Å². The van der Waals surface area contributed by atoms with Crippen LogP contribution in [0.3, 0.4) is 0 Å². The highest BCUT2D eigenvalue weighted by Crippen LogP contribution is 2.65. The minimum atomic E-state index is -0.532. The minimum Gasteiger partial charge on any atom is -0.497 e. The van der Waals surface area contributed by atoms with E-state index in [0.717, 1.165) is 18.4 Å². The lowest BCUT2D eigenvalue weighted by molar-refractivity contribution is -0.124. The van der Waals surface area contributed by atoms with Crippen molar-refractivity contribution in [1.82, 2.24) is 5.32 Å². The third-order valence-electron chi connectivity index (χ3n) is 6.89. The Kier molecular flexibility index (Phi) is 4.45. The van der Waals surface area contributed by atoms with Crippen LogP contribution in [0.2, 0.25) is 0 Å². The summed E-state index contributed by atoms with van der Waals surface area (Å²) in [5.74, 6) is 2.49. The number of carbonyl (C=O) groups is 2. The molecule has 0 unspecified atom stereocenters. The van der Waals surface area contributed by atoms with Crippen LogP contribution in [0.1, 0.15) is 35.2 Å². The Bertz CT molecular complexity index is 1020. The lowest BCUT2D eigenvalue weighted by Crippen LogP contribution is -2.44. The Morgan fingerprint density at radius 2 is 2.03 bits per heavy atom. The number of methoxy groups -OCH3 is 2. The molecule has 0 radical (unpaired) electrons. The molecule has 0 aromatic heterocycles. The highest BCUT2D eigenvalue weighted by atomic mass is 16.5. The van der Waals surface area contributed by atoms with Gasteiger partial charge in [0, 0.05) is 30.0 Å². The van der Waals surface area contributed by atoms with Crippen molar-refractivity contribution in [1.29, 1.82) is 0 Å². The number of ketones is 1. The Morgan fingerprint density at radius 1 is 1.20 bits per heavy atom. The first-order valence-corrected chi connectivity index (χ1v) is 10.4. The highest BCUT2D eigenvalue weighted by molar-refractivity contribution is 6.00. The number of hydrogen-bond donors (Lipinski definition) is 1. The Balaban J connectivity index is 1.28. The normalized spacial score (nSPS) is 28.3. The summed E-state index contributed by atoms with van der Waals surface area (Å²) in [6.07, 6.45) is 2.11. The van der Waals surface area contributed by atoms with E-state index in [2.05, 4.69) is 5.32 Å².